The van der Waals surface area contributed by atoms with Crippen molar-refractivity contribution in [1.82, 2.24) is 14.5 Å². The molecule has 6 nitrogen and oxygen atoms in total. The first-order valence-electron chi connectivity index (χ1n) is 6.65. The number of hydrogen-bond donors (Lipinski definition) is 1. The smallest absolute Gasteiger partial charge is 0.322 e. The van der Waals surface area contributed by atoms with E-state index >= 15 is 0 Å². The van der Waals surface area contributed by atoms with Gasteiger partial charge >= 0.3 is 6.03 Å². The van der Waals surface area contributed by atoms with Gasteiger partial charge in [-0.25, -0.2) is 4.79 Å². The average Bonchev–Trinajstić information content (AvgIpc) is 3.09. The van der Waals surface area contributed by atoms with Crippen LogP contribution in [0.15, 0.2) is 6.20 Å². The van der Waals surface area contributed by atoms with Crippen LogP contribution < -0.4 is 5.32 Å². The van der Waals surface area contributed by atoms with Crippen LogP contribution in [0.5, 0.6) is 0 Å². The molecule has 0 aromatic carbocycles. The lowest BCUT2D eigenvalue weighted by Crippen LogP contribution is -2.46. The van der Waals surface area contributed by atoms with Crippen molar-refractivity contribution in [1.29, 1.82) is 0 Å². The number of carbonyl (C=O) groups is 1. The predicted octanol–water partition coefficient (Wildman–Crippen LogP) is 1.43. The van der Waals surface area contributed by atoms with Gasteiger partial charge in [-0.3, -0.25) is 5.32 Å². The molecule has 2 saturated carbocycles. The van der Waals surface area contributed by atoms with Crippen molar-refractivity contribution in [2.24, 2.45) is 17.8 Å². The topological polar surface area (TPSA) is 67.3 Å². The van der Waals surface area contributed by atoms with Crippen LogP contribution in [0, 0.1) is 17.8 Å². The third-order valence-electron chi connectivity index (χ3n) is 4.94. The number of anilines is 1. The molecule has 2 amide bonds. The minimum absolute atomic E-state index is 0.0341. The molecule has 3 aliphatic rings. The molecule has 2 bridgehead atoms. The van der Waals surface area contributed by atoms with Crippen LogP contribution in [-0.2, 0) is 4.74 Å². The molecule has 7 heteroatoms. The minimum Gasteiger partial charge on any atom is -0.379 e. The maximum atomic E-state index is 12.4. The van der Waals surface area contributed by atoms with E-state index < -0.39 is 0 Å². The van der Waals surface area contributed by atoms with Gasteiger partial charge in [-0.05, 0) is 30.6 Å². The first-order valence-corrected chi connectivity index (χ1v) is 7.43. The Morgan fingerprint density at radius 3 is 3.16 bits per heavy atom. The fourth-order valence-corrected chi connectivity index (χ4v) is 4.76. The Balaban J connectivity index is 1.54. The van der Waals surface area contributed by atoms with Crippen LogP contribution in [0.4, 0.5) is 9.80 Å². The van der Waals surface area contributed by atoms with E-state index in [0.717, 1.165) is 6.54 Å². The van der Waals surface area contributed by atoms with Crippen molar-refractivity contribution in [3.05, 3.63) is 6.20 Å². The van der Waals surface area contributed by atoms with Crippen LogP contribution in [0.1, 0.15) is 12.8 Å². The predicted molar refractivity (Wildman–Crippen MR) is 69.9 cm³/mol. The van der Waals surface area contributed by atoms with E-state index in [2.05, 4.69) is 14.9 Å². The summed E-state index contributed by atoms with van der Waals surface area (Å²) >= 11 is 1.20. The van der Waals surface area contributed by atoms with Gasteiger partial charge in [-0.15, -0.1) is 5.10 Å². The highest BCUT2D eigenvalue weighted by molar-refractivity contribution is 7.10. The number of hydrogen-bond acceptors (Lipinski definition) is 5. The lowest BCUT2D eigenvalue weighted by molar-refractivity contribution is 0.0202. The quantitative estimate of drug-likeness (QED) is 0.890. The third kappa shape index (κ3) is 1.61. The summed E-state index contributed by atoms with van der Waals surface area (Å²) in [5.41, 5.74) is 0. The number of urea groups is 1. The van der Waals surface area contributed by atoms with Crippen molar-refractivity contribution < 1.29 is 9.53 Å². The fraction of sp³-hybridized carbons (Fsp3) is 0.750. The molecule has 19 heavy (non-hydrogen) atoms. The number of likely N-dealkylation sites (tertiary alicyclic amines) is 1. The number of nitrogens with zero attached hydrogens (tertiary/aromatic N) is 3. The lowest BCUT2D eigenvalue weighted by Gasteiger charge is -2.31. The second kappa shape index (κ2) is 4.14. The highest BCUT2D eigenvalue weighted by atomic mass is 32.1. The summed E-state index contributed by atoms with van der Waals surface area (Å²) in [6, 6.07) is 0.225. The van der Waals surface area contributed by atoms with Gasteiger partial charge in [0.05, 0.1) is 18.3 Å². The monoisotopic (exact) mass is 280 g/mol. The second-order valence-electron chi connectivity index (χ2n) is 5.71. The number of aromatic nitrogens is 2. The van der Waals surface area contributed by atoms with Crippen LogP contribution in [0.25, 0.3) is 0 Å². The van der Waals surface area contributed by atoms with Gasteiger partial charge in [0, 0.05) is 25.2 Å². The number of ether oxygens (including phenoxy) is 1. The van der Waals surface area contributed by atoms with E-state index in [4.69, 9.17) is 4.74 Å². The van der Waals surface area contributed by atoms with Gasteiger partial charge < -0.3 is 9.64 Å². The number of nitrogens with one attached hydrogen (secondary N) is 1. The van der Waals surface area contributed by atoms with Gasteiger partial charge in [-0.2, -0.15) is 0 Å². The lowest BCUT2D eigenvalue weighted by atomic mass is 9.88. The van der Waals surface area contributed by atoms with Crippen LogP contribution >= 0.6 is 11.5 Å². The van der Waals surface area contributed by atoms with Crippen molar-refractivity contribution in [2.45, 2.75) is 25.0 Å². The van der Waals surface area contributed by atoms with Crippen molar-refractivity contribution in [3.8, 4) is 0 Å². The van der Waals surface area contributed by atoms with Gasteiger partial charge in [-0.1, -0.05) is 4.49 Å². The molecule has 0 radical (unpaired) electrons. The summed E-state index contributed by atoms with van der Waals surface area (Å²) in [7, 11) is 1.77. The number of fused-ring (bicyclic) bond motifs is 1. The molecule has 1 saturated heterocycles. The normalized spacial score (nSPS) is 39.0. The van der Waals surface area contributed by atoms with Gasteiger partial charge in [0.15, 0.2) is 0 Å². The Morgan fingerprint density at radius 2 is 2.42 bits per heavy atom. The Hall–Kier alpha value is -1.21. The summed E-state index contributed by atoms with van der Waals surface area (Å²) in [5, 5.41) is 7.32. The fourth-order valence-electron chi connectivity index (χ4n) is 4.35. The largest absolute Gasteiger partial charge is 0.379 e. The Bertz CT molecular complexity index is 492. The standard InChI is InChI=1S/C12H16N4O2S/c1-18-11-6-2-7-5-16(10(11)8(7)3-6)12(17)14-9-4-13-15-19-9/h4,6-8,10-11H,2-3,5H2,1H3,(H,14,17). The minimum atomic E-state index is -0.0341. The van der Waals surface area contributed by atoms with Gasteiger partial charge in [0.1, 0.15) is 5.00 Å². The van der Waals surface area contributed by atoms with E-state index in [1.807, 2.05) is 4.90 Å². The van der Waals surface area contributed by atoms with Gasteiger partial charge in [0.2, 0.25) is 0 Å². The van der Waals surface area contributed by atoms with E-state index in [-0.39, 0.29) is 18.2 Å². The van der Waals surface area contributed by atoms with Crippen molar-refractivity contribution in [3.63, 3.8) is 0 Å². The Kier molecular flexibility index (Phi) is 2.53. The summed E-state index contributed by atoms with van der Waals surface area (Å²) < 4.78 is 9.40. The number of methoxy groups -OCH3 is 1. The number of amides is 2. The van der Waals surface area contributed by atoms with Crippen LogP contribution in [0.2, 0.25) is 0 Å². The van der Waals surface area contributed by atoms with Crippen LogP contribution in [0.3, 0.4) is 0 Å². The number of carbonyl (C=O) groups excluding carboxylic acids is 1. The molecule has 2 aliphatic carbocycles. The molecular formula is C12H16N4O2S. The molecule has 1 N–H and O–H groups in total. The van der Waals surface area contributed by atoms with Crippen LogP contribution in [-0.4, -0.2) is 46.3 Å². The average molecular weight is 280 g/mol. The Labute approximate surface area is 115 Å². The highest BCUT2D eigenvalue weighted by Crippen LogP contribution is 2.55. The maximum Gasteiger partial charge on any atom is 0.322 e. The second-order valence-corrected chi connectivity index (χ2v) is 6.50. The first kappa shape index (κ1) is 11.6. The first-order chi connectivity index (χ1) is 9.28. The van der Waals surface area contributed by atoms with Crippen molar-refractivity contribution >= 4 is 22.6 Å². The molecular weight excluding hydrogens is 264 g/mol. The summed E-state index contributed by atoms with van der Waals surface area (Å²) in [6.45, 7) is 0.865. The van der Waals surface area contributed by atoms with E-state index in [9.17, 15) is 4.79 Å². The molecule has 5 unspecified atom stereocenters. The zero-order valence-corrected chi connectivity index (χ0v) is 11.5. The van der Waals surface area contributed by atoms with E-state index in [0.29, 0.717) is 22.8 Å². The van der Waals surface area contributed by atoms with E-state index in [1.54, 1.807) is 13.3 Å². The molecule has 1 aromatic heterocycles. The molecule has 102 valence electrons. The molecule has 4 rings (SSSR count). The number of rotatable bonds is 2. The highest BCUT2D eigenvalue weighted by Gasteiger charge is 2.60. The molecule has 1 aliphatic heterocycles. The molecule has 3 fully saturated rings. The summed E-state index contributed by atoms with van der Waals surface area (Å²) in [5.74, 6) is 1.96. The molecule has 0 spiro atoms. The molecule has 1 aromatic rings. The zero-order chi connectivity index (χ0) is 13.0. The zero-order valence-electron chi connectivity index (χ0n) is 10.7. The third-order valence-corrected chi connectivity index (χ3v) is 5.52. The van der Waals surface area contributed by atoms with Crippen molar-refractivity contribution in [2.75, 3.05) is 19.0 Å². The van der Waals surface area contributed by atoms with E-state index in [1.165, 1.54) is 24.4 Å². The molecule has 2 heterocycles. The summed E-state index contributed by atoms with van der Waals surface area (Å²) in [4.78, 5) is 14.4. The maximum absolute atomic E-state index is 12.4. The SMILES string of the molecule is COC1C2CC3CN(C(=O)Nc4cnns4)C1C3C2. The molecule has 5 atom stereocenters. The summed E-state index contributed by atoms with van der Waals surface area (Å²) in [6.07, 6.45) is 4.23. The Morgan fingerprint density at radius 1 is 1.53 bits per heavy atom. The van der Waals surface area contributed by atoms with Gasteiger partial charge in [0.25, 0.3) is 0 Å².